The molecule has 6 N–H and O–H groups in total. The van der Waals surface area contributed by atoms with Crippen molar-refractivity contribution in [3.8, 4) is 0 Å². The van der Waals surface area contributed by atoms with Gasteiger partial charge in [-0.2, -0.15) is 0 Å². The van der Waals surface area contributed by atoms with E-state index in [2.05, 4.69) is 34.9 Å². The number of nitrogens with two attached hydrogens (primary N) is 1. The molecule has 0 saturated carbocycles. The third kappa shape index (κ3) is 34.7. The minimum absolute atomic E-state index is 0.495. The summed E-state index contributed by atoms with van der Waals surface area (Å²) in [4.78, 5) is 0. The molecule has 0 amide bonds. The molecule has 0 bridgehead atoms. The van der Waals surface area contributed by atoms with E-state index in [0.29, 0.717) is 26.3 Å². The van der Waals surface area contributed by atoms with Crippen LogP contribution in [0, 0.1) is 0 Å². The van der Waals surface area contributed by atoms with Gasteiger partial charge in [0.2, 0.25) is 0 Å². The second-order valence-corrected chi connectivity index (χ2v) is 14.0. The summed E-state index contributed by atoms with van der Waals surface area (Å²) in [5.41, 5.74) is 5.48. The fraction of sp³-hybridized carbons (Fsp3) is 1.00. The maximum absolute atomic E-state index is 13.4. The Hall–Kier alpha value is -0.0500. The minimum Gasteiger partial charge on any atom is -0.329 e. The van der Waals surface area contributed by atoms with Gasteiger partial charge in [0.15, 0.2) is 0 Å². The Morgan fingerprint density at radius 3 is 1.09 bits per heavy atom. The summed E-state index contributed by atoms with van der Waals surface area (Å²) in [5, 5.41) is 13.2. The van der Waals surface area contributed by atoms with Crippen molar-refractivity contribution < 1.29 is 13.6 Å². The molecule has 0 heterocycles. The molecule has 260 valence electrons. The monoisotopic (exact) mass is 634 g/mol. The molecular formula is C34H76N5O3P. The van der Waals surface area contributed by atoms with E-state index in [1.807, 2.05) is 0 Å². The Morgan fingerprint density at radius 2 is 0.744 bits per heavy atom. The fourth-order valence-electron chi connectivity index (χ4n) is 5.14. The van der Waals surface area contributed by atoms with Crippen LogP contribution in [0.4, 0.5) is 0 Å². The van der Waals surface area contributed by atoms with Crippen molar-refractivity contribution in [2.24, 2.45) is 5.73 Å². The van der Waals surface area contributed by atoms with Crippen LogP contribution in [0.5, 0.6) is 0 Å². The number of hydrogen-bond acceptors (Lipinski definition) is 7. The lowest BCUT2D eigenvalue weighted by atomic mass is 10.1. The Balaban J connectivity index is 4.07. The first-order valence-electron chi connectivity index (χ1n) is 18.6. The lowest BCUT2D eigenvalue weighted by molar-refractivity contribution is 0.189. The van der Waals surface area contributed by atoms with Gasteiger partial charge in [-0.1, -0.05) is 142 Å². The second kappa shape index (κ2) is 36.4. The minimum atomic E-state index is -3.28. The van der Waals surface area contributed by atoms with Crippen molar-refractivity contribution in [3.05, 3.63) is 0 Å². The molecule has 0 spiro atoms. The van der Waals surface area contributed by atoms with Crippen LogP contribution in [-0.4, -0.2) is 65.6 Å². The molecule has 0 rings (SSSR count). The molecule has 0 atom stereocenters. The molecule has 8 nitrogen and oxygen atoms in total. The molecule has 0 saturated heterocycles. The summed E-state index contributed by atoms with van der Waals surface area (Å²) in [6.45, 7) is 12.0. The predicted octanol–water partition coefficient (Wildman–Crippen LogP) is 8.07. The molecule has 0 aliphatic carbocycles. The Morgan fingerprint density at radius 1 is 0.442 bits per heavy atom. The van der Waals surface area contributed by atoms with Crippen LogP contribution in [0.2, 0.25) is 0 Å². The molecule has 0 aromatic heterocycles. The first-order valence-corrected chi connectivity index (χ1v) is 20.2. The zero-order valence-corrected chi connectivity index (χ0v) is 29.8. The highest BCUT2D eigenvalue weighted by molar-refractivity contribution is 7.51. The maximum atomic E-state index is 13.4. The third-order valence-electron chi connectivity index (χ3n) is 7.90. The van der Waals surface area contributed by atoms with Gasteiger partial charge < -0.3 is 21.7 Å². The quantitative estimate of drug-likeness (QED) is 0.0343. The van der Waals surface area contributed by atoms with E-state index in [9.17, 15) is 4.57 Å². The van der Waals surface area contributed by atoms with Crippen molar-refractivity contribution in [2.75, 3.05) is 65.6 Å². The first-order chi connectivity index (χ1) is 21.2. The molecular weight excluding hydrogens is 557 g/mol. The standard InChI is InChI=1S/C34H76N5O3P/c1-3-5-7-9-11-13-15-17-19-21-23-33-41-43(40,39-32-31-38-30-29-37-28-27-36-26-25-35)42-34-24-22-20-18-16-14-12-10-8-6-4-2/h36-38H,3-35H2,1-2H3,(H,39,40). The molecule has 9 heteroatoms. The second-order valence-electron chi connectivity index (χ2n) is 12.2. The molecule has 0 aromatic carbocycles. The summed E-state index contributed by atoms with van der Waals surface area (Å²) in [6, 6.07) is 0. The van der Waals surface area contributed by atoms with Gasteiger partial charge in [-0.3, -0.25) is 9.05 Å². The zero-order chi connectivity index (χ0) is 31.4. The Kier molecular flexibility index (Phi) is 36.4. The molecule has 0 aromatic rings. The van der Waals surface area contributed by atoms with Gasteiger partial charge in [-0.15, -0.1) is 0 Å². The molecule has 0 fully saturated rings. The number of nitrogens with one attached hydrogen (secondary N) is 4. The molecule has 0 aliphatic heterocycles. The lowest BCUT2D eigenvalue weighted by Crippen LogP contribution is -2.35. The summed E-state index contributed by atoms with van der Waals surface area (Å²) >= 11 is 0. The van der Waals surface area contributed by atoms with Gasteiger partial charge in [0, 0.05) is 52.4 Å². The topological polar surface area (TPSA) is 110 Å². The van der Waals surface area contributed by atoms with Crippen LogP contribution < -0.4 is 26.8 Å². The Bertz CT molecular complexity index is 542. The van der Waals surface area contributed by atoms with E-state index >= 15 is 0 Å². The lowest BCUT2D eigenvalue weighted by Gasteiger charge is -2.20. The van der Waals surface area contributed by atoms with E-state index in [0.717, 1.165) is 65.0 Å². The summed E-state index contributed by atoms with van der Waals surface area (Å²) in [6.07, 6.45) is 28.3. The maximum Gasteiger partial charge on any atom is 0.405 e. The van der Waals surface area contributed by atoms with Crippen LogP contribution in [0.1, 0.15) is 155 Å². The Labute approximate surface area is 268 Å². The SMILES string of the molecule is CCCCCCCCCCCCCOP(=O)(NCCNCCNCCNCCN)OCCCCCCCCCCCCC. The molecule has 43 heavy (non-hydrogen) atoms. The van der Waals surface area contributed by atoms with Crippen molar-refractivity contribution in [1.82, 2.24) is 21.0 Å². The summed E-state index contributed by atoms with van der Waals surface area (Å²) in [5.74, 6) is 0. The smallest absolute Gasteiger partial charge is 0.329 e. The van der Waals surface area contributed by atoms with Crippen molar-refractivity contribution >= 4 is 7.75 Å². The van der Waals surface area contributed by atoms with Gasteiger partial charge >= 0.3 is 7.75 Å². The zero-order valence-electron chi connectivity index (χ0n) is 28.9. The van der Waals surface area contributed by atoms with E-state index in [-0.39, 0.29) is 0 Å². The highest BCUT2D eigenvalue weighted by atomic mass is 31.2. The van der Waals surface area contributed by atoms with Gasteiger partial charge in [-0.25, -0.2) is 9.65 Å². The molecule has 0 radical (unpaired) electrons. The molecule has 0 unspecified atom stereocenters. The number of unbranched alkanes of at least 4 members (excludes halogenated alkanes) is 20. The van der Waals surface area contributed by atoms with E-state index < -0.39 is 7.75 Å². The van der Waals surface area contributed by atoms with E-state index in [1.54, 1.807) is 0 Å². The van der Waals surface area contributed by atoms with Crippen LogP contribution in [0.15, 0.2) is 0 Å². The summed E-state index contributed by atoms with van der Waals surface area (Å²) in [7, 11) is -3.28. The highest BCUT2D eigenvalue weighted by Gasteiger charge is 2.23. The average molecular weight is 634 g/mol. The van der Waals surface area contributed by atoms with Gasteiger partial charge in [0.25, 0.3) is 0 Å². The van der Waals surface area contributed by atoms with Gasteiger partial charge in [-0.05, 0) is 12.8 Å². The van der Waals surface area contributed by atoms with Gasteiger partial charge in [0.1, 0.15) is 0 Å². The first kappa shape index (κ1) is 43.0. The normalized spacial score (nSPS) is 12.0. The van der Waals surface area contributed by atoms with Crippen molar-refractivity contribution in [3.63, 3.8) is 0 Å². The number of hydrogen-bond donors (Lipinski definition) is 5. The molecule has 0 aliphatic rings. The predicted molar refractivity (Wildman–Crippen MR) is 188 cm³/mol. The largest absolute Gasteiger partial charge is 0.405 e. The van der Waals surface area contributed by atoms with E-state index in [4.69, 9.17) is 14.8 Å². The van der Waals surface area contributed by atoms with Crippen LogP contribution in [0.3, 0.4) is 0 Å². The van der Waals surface area contributed by atoms with E-state index in [1.165, 1.54) is 116 Å². The van der Waals surface area contributed by atoms with Crippen molar-refractivity contribution in [1.29, 1.82) is 0 Å². The third-order valence-corrected chi connectivity index (χ3v) is 9.56. The summed E-state index contributed by atoms with van der Waals surface area (Å²) < 4.78 is 25.2. The number of rotatable bonds is 38. The van der Waals surface area contributed by atoms with Gasteiger partial charge in [0.05, 0.1) is 13.2 Å². The fourth-order valence-corrected chi connectivity index (χ4v) is 6.52. The van der Waals surface area contributed by atoms with Crippen LogP contribution in [-0.2, 0) is 13.6 Å². The highest BCUT2D eigenvalue weighted by Crippen LogP contribution is 2.43. The van der Waals surface area contributed by atoms with Crippen molar-refractivity contribution in [2.45, 2.75) is 155 Å². The average Bonchev–Trinajstić information content (AvgIpc) is 3.01. The van der Waals surface area contributed by atoms with Crippen LogP contribution >= 0.6 is 7.75 Å². The van der Waals surface area contributed by atoms with Crippen LogP contribution in [0.25, 0.3) is 0 Å².